The quantitative estimate of drug-likeness (QED) is 0.593. The zero-order chi connectivity index (χ0) is 22.0. The molecule has 0 atom stereocenters. The van der Waals surface area contributed by atoms with Gasteiger partial charge in [-0.3, -0.25) is 9.59 Å². The lowest BCUT2D eigenvalue weighted by atomic mass is 9.93. The maximum absolute atomic E-state index is 12.8. The van der Waals surface area contributed by atoms with Crippen LogP contribution in [0.2, 0.25) is 0 Å². The van der Waals surface area contributed by atoms with Crippen molar-refractivity contribution in [1.29, 1.82) is 0 Å². The van der Waals surface area contributed by atoms with Gasteiger partial charge in [0.1, 0.15) is 5.76 Å². The van der Waals surface area contributed by atoms with Crippen LogP contribution in [-0.4, -0.2) is 17.5 Å². The minimum absolute atomic E-state index is 0.266. The zero-order valence-electron chi connectivity index (χ0n) is 17.9. The van der Waals surface area contributed by atoms with Gasteiger partial charge >= 0.3 is 0 Å². The number of rotatable bonds is 4. The second-order valence-corrected chi connectivity index (χ2v) is 7.89. The summed E-state index contributed by atoms with van der Waals surface area (Å²) >= 11 is 0. The van der Waals surface area contributed by atoms with Gasteiger partial charge in [0.25, 0.3) is 11.8 Å². The summed E-state index contributed by atoms with van der Waals surface area (Å²) in [4.78, 5) is 25.2. The van der Waals surface area contributed by atoms with Crippen LogP contribution in [0.25, 0.3) is 0 Å². The zero-order valence-corrected chi connectivity index (χ0v) is 17.9. The van der Waals surface area contributed by atoms with E-state index in [9.17, 15) is 9.59 Å². The minimum Gasteiger partial charge on any atom is -0.455 e. The van der Waals surface area contributed by atoms with Gasteiger partial charge in [-0.05, 0) is 57.9 Å². The highest BCUT2D eigenvalue weighted by Crippen LogP contribution is 2.30. The third kappa shape index (κ3) is 4.43. The van der Waals surface area contributed by atoms with Crippen LogP contribution in [0.1, 0.15) is 61.8 Å². The molecular weight excluding hydrogens is 390 g/mol. The molecule has 4 rings (SSSR count). The van der Waals surface area contributed by atoms with Gasteiger partial charge < -0.3 is 9.73 Å². The Bertz CT molecular complexity index is 1160. The van der Waals surface area contributed by atoms with E-state index in [1.54, 1.807) is 12.1 Å². The number of hydrogen-bond acceptors (Lipinski definition) is 4. The second-order valence-electron chi connectivity index (χ2n) is 7.89. The van der Waals surface area contributed by atoms with E-state index in [4.69, 9.17) is 4.42 Å². The molecular formula is C25H25N3O3. The molecule has 31 heavy (non-hydrogen) atoms. The van der Waals surface area contributed by atoms with Gasteiger partial charge in [0, 0.05) is 28.8 Å². The van der Waals surface area contributed by atoms with Gasteiger partial charge in [-0.2, -0.15) is 5.10 Å². The highest BCUT2D eigenvalue weighted by molar-refractivity contribution is 6.09. The first-order valence-corrected chi connectivity index (χ1v) is 10.4. The summed E-state index contributed by atoms with van der Waals surface area (Å²) in [5.41, 5.74) is 8.41. The summed E-state index contributed by atoms with van der Waals surface area (Å²) in [5.74, 6) is 0.461. The van der Waals surface area contributed by atoms with Crippen molar-refractivity contribution in [2.75, 3.05) is 5.32 Å². The molecule has 158 valence electrons. The fourth-order valence-electron chi connectivity index (χ4n) is 3.71. The topological polar surface area (TPSA) is 83.7 Å². The number of anilines is 1. The third-order valence-electron chi connectivity index (χ3n) is 5.45. The average Bonchev–Trinajstić information content (AvgIpc) is 3.11. The van der Waals surface area contributed by atoms with E-state index in [1.165, 1.54) is 0 Å². The van der Waals surface area contributed by atoms with Crippen LogP contribution < -0.4 is 10.7 Å². The smallest absolute Gasteiger partial charge is 0.291 e. The molecule has 2 N–H and O–H groups in total. The largest absolute Gasteiger partial charge is 0.455 e. The Morgan fingerprint density at radius 3 is 2.19 bits per heavy atom. The number of nitrogens with one attached hydrogen (secondary N) is 2. The van der Waals surface area contributed by atoms with Gasteiger partial charge in [-0.1, -0.05) is 35.4 Å². The molecule has 6 nitrogen and oxygen atoms in total. The average molecular weight is 415 g/mol. The lowest BCUT2D eigenvalue weighted by Gasteiger charge is -2.13. The first kappa shape index (κ1) is 20.6. The molecule has 0 unspecified atom stereocenters. The van der Waals surface area contributed by atoms with Crippen LogP contribution in [0.3, 0.4) is 0 Å². The molecule has 0 radical (unpaired) electrons. The highest BCUT2D eigenvalue weighted by Gasteiger charge is 2.28. The molecule has 0 saturated heterocycles. The molecule has 0 aliphatic heterocycles. The number of carbonyl (C=O) groups excluding carboxylic acids is 2. The Labute approximate surface area is 181 Å². The Kier molecular flexibility index (Phi) is 5.71. The van der Waals surface area contributed by atoms with Gasteiger partial charge in [0.15, 0.2) is 5.76 Å². The monoisotopic (exact) mass is 415 g/mol. The molecule has 0 spiro atoms. The standard InChI is InChI=1S/C25H25N3O3/c1-15-7-11-18(12-8-15)24(29)28-27-20-5-4-6-21-22(20)17(3)23(31-21)25(30)26-19-13-9-16(2)10-14-19/h7-14H,4-6H2,1-3H3,(H,26,30)(H,28,29)/b27-20+. The molecule has 3 aromatic rings. The molecule has 2 aromatic carbocycles. The first-order valence-electron chi connectivity index (χ1n) is 10.4. The van der Waals surface area contributed by atoms with Gasteiger partial charge in [-0.25, -0.2) is 5.43 Å². The fraction of sp³-hybridized carbons (Fsp3) is 0.240. The van der Waals surface area contributed by atoms with Crippen molar-refractivity contribution in [3.8, 4) is 0 Å². The number of furan rings is 1. The molecule has 0 fully saturated rings. The molecule has 6 heteroatoms. The Morgan fingerprint density at radius 1 is 0.871 bits per heavy atom. The maximum Gasteiger partial charge on any atom is 0.291 e. The summed E-state index contributed by atoms with van der Waals surface area (Å²) in [6.45, 7) is 5.82. The van der Waals surface area contributed by atoms with Crippen LogP contribution >= 0.6 is 0 Å². The SMILES string of the molecule is Cc1ccc(NC(=O)c2oc3c(c2C)/C(=N/NC(=O)c2ccc(C)cc2)CCC3)cc1. The van der Waals surface area contributed by atoms with E-state index in [0.717, 1.165) is 46.6 Å². The van der Waals surface area contributed by atoms with Gasteiger partial charge in [0.05, 0.1) is 5.71 Å². The summed E-state index contributed by atoms with van der Waals surface area (Å²) in [7, 11) is 0. The minimum atomic E-state index is -0.293. The number of nitrogens with zero attached hydrogens (tertiary/aromatic N) is 1. The Hall–Kier alpha value is -3.67. The van der Waals surface area contributed by atoms with Crippen LogP contribution in [0.5, 0.6) is 0 Å². The van der Waals surface area contributed by atoms with Crippen LogP contribution in [0, 0.1) is 20.8 Å². The predicted octanol–water partition coefficient (Wildman–Crippen LogP) is 4.93. The van der Waals surface area contributed by atoms with Crippen molar-refractivity contribution in [1.82, 2.24) is 5.43 Å². The van der Waals surface area contributed by atoms with E-state index >= 15 is 0 Å². The molecule has 0 bridgehead atoms. The lowest BCUT2D eigenvalue weighted by molar-refractivity contribution is 0.0953. The van der Waals surface area contributed by atoms with Crippen molar-refractivity contribution in [3.63, 3.8) is 0 Å². The van der Waals surface area contributed by atoms with Crippen molar-refractivity contribution in [3.05, 3.63) is 87.9 Å². The molecule has 1 heterocycles. The van der Waals surface area contributed by atoms with E-state index < -0.39 is 0 Å². The molecule has 1 aliphatic carbocycles. The van der Waals surface area contributed by atoms with E-state index in [1.807, 2.05) is 57.2 Å². The van der Waals surface area contributed by atoms with Crippen LogP contribution in [0.4, 0.5) is 5.69 Å². The third-order valence-corrected chi connectivity index (χ3v) is 5.45. The molecule has 1 aliphatic rings. The second kappa shape index (κ2) is 8.60. The number of carbonyl (C=O) groups is 2. The number of aryl methyl sites for hydroxylation is 3. The summed E-state index contributed by atoms with van der Waals surface area (Å²) in [6, 6.07) is 14.9. The van der Waals surface area contributed by atoms with E-state index in [-0.39, 0.29) is 17.6 Å². The summed E-state index contributed by atoms with van der Waals surface area (Å²) in [5, 5.41) is 7.26. The van der Waals surface area contributed by atoms with Gasteiger partial charge in [-0.15, -0.1) is 0 Å². The first-order chi connectivity index (χ1) is 14.9. The van der Waals surface area contributed by atoms with Gasteiger partial charge in [0.2, 0.25) is 0 Å². The van der Waals surface area contributed by atoms with E-state index in [0.29, 0.717) is 17.7 Å². The number of amides is 2. The molecule has 0 saturated carbocycles. The Morgan fingerprint density at radius 2 is 1.52 bits per heavy atom. The van der Waals surface area contributed by atoms with Crippen LogP contribution in [-0.2, 0) is 6.42 Å². The normalized spacial score (nSPS) is 14.2. The molecule has 1 aromatic heterocycles. The van der Waals surface area contributed by atoms with Crippen molar-refractivity contribution in [2.24, 2.45) is 5.10 Å². The summed E-state index contributed by atoms with van der Waals surface area (Å²) < 4.78 is 5.92. The van der Waals surface area contributed by atoms with Crippen molar-refractivity contribution < 1.29 is 14.0 Å². The number of hydrazone groups is 1. The molecule has 2 amide bonds. The number of hydrogen-bond donors (Lipinski definition) is 2. The summed E-state index contributed by atoms with van der Waals surface area (Å²) in [6.07, 6.45) is 2.29. The number of fused-ring (bicyclic) bond motifs is 1. The maximum atomic E-state index is 12.8. The predicted molar refractivity (Wildman–Crippen MR) is 121 cm³/mol. The number of benzene rings is 2. The highest BCUT2D eigenvalue weighted by atomic mass is 16.4. The van der Waals surface area contributed by atoms with E-state index in [2.05, 4.69) is 15.8 Å². The Balaban J connectivity index is 1.55. The van der Waals surface area contributed by atoms with Crippen molar-refractivity contribution >= 4 is 23.2 Å². The fourth-order valence-corrected chi connectivity index (χ4v) is 3.71. The van der Waals surface area contributed by atoms with Crippen LogP contribution in [0.15, 0.2) is 58.0 Å². The van der Waals surface area contributed by atoms with Crippen molar-refractivity contribution in [2.45, 2.75) is 40.0 Å². The lowest BCUT2D eigenvalue weighted by Crippen LogP contribution is -2.22.